The van der Waals surface area contributed by atoms with Gasteiger partial charge in [0, 0.05) is 51.2 Å². The molecule has 10 nitrogen and oxygen atoms in total. The number of amides is 1. The predicted octanol–water partition coefficient (Wildman–Crippen LogP) is 1.62. The summed E-state index contributed by atoms with van der Waals surface area (Å²) in [7, 11) is 3.79. The Kier molecular flexibility index (Phi) is 10.7. The van der Waals surface area contributed by atoms with Crippen LogP contribution < -0.4 is 26.7 Å². The maximum absolute atomic E-state index is 12.0. The second-order valence-electron chi connectivity index (χ2n) is 9.61. The molecule has 200 valence electrons. The van der Waals surface area contributed by atoms with Gasteiger partial charge in [0.2, 0.25) is 12.4 Å². The molecule has 11 heteroatoms. The van der Waals surface area contributed by atoms with Gasteiger partial charge in [0.05, 0.1) is 22.0 Å². The normalized spacial score (nSPS) is 19.1. The molecule has 36 heavy (non-hydrogen) atoms. The predicted molar refractivity (Wildman–Crippen MR) is 147 cm³/mol. The van der Waals surface area contributed by atoms with Crippen LogP contribution in [-0.2, 0) is 11.2 Å². The number of carbonyl (C=O) groups is 1. The van der Waals surface area contributed by atoms with E-state index in [1.807, 2.05) is 57.1 Å². The lowest BCUT2D eigenvalue weighted by Crippen LogP contribution is -2.44. The van der Waals surface area contributed by atoms with Gasteiger partial charge >= 0.3 is 0 Å². The van der Waals surface area contributed by atoms with E-state index in [4.69, 9.17) is 28.2 Å². The third-order valence-corrected chi connectivity index (χ3v) is 6.41. The van der Waals surface area contributed by atoms with Gasteiger partial charge < -0.3 is 31.5 Å². The third kappa shape index (κ3) is 8.21. The number of hydrogen-bond donors (Lipinski definition) is 5. The second kappa shape index (κ2) is 13.1. The van der Waals surface area contributed by atoms with Crippen molar-refractivity contribution in [2.24, 2.45) is 16.5 Å². The minimum atomic E-state index is -1.08. The van der Waals surface area contributed by atoms with Gasteiger partial charge in [-0.25, -0.2) is 15.4 Å². The van der Waals surface area contributed by atoms with Crippen molar-refractivity contribution in [2.45, 2.75) is 57.7 Å². The van der Waals surface area contributed by atoms with Gasteiger partial charge in [0.15, 0.2) is 0 Å². The first kappa shape index (κ1) is 29.6. The first-order valence-corrected chi connectivity index (χ1v) is 12.3. The SMILES string of the molecule is CC1=CC(C)NN1C(N)=N/C=C(/Cl)C(N)Cc1ccc(N(C)C)c(N(C=O)CCC(C)(O)CCO)c1. The zero-order valence-electron chi connectivity index (χ0n) is 21.8. The van der Waals surface area contributed by atoms with Crippen molar-refractivity contribution in [1.29, 1.82) is 0 Å². The summed E-state index contributed by atoms with van der Waals surface area (Å²) in [4.78, 5) is 19.7. The minimum absolute atomic E-state index is 0.127. The number of nitrogens with one attached hydrogen (secondary N) is 1. The van der Waals surface area contributed by atoms with Gasteiger partial charge in [-0.05, 0) is 63.8 Å². The van der Waals surface area contributed by atoms with Crippen molar-refractivity contribution in [3.8, 4) is 0 Å². The number of halogens is 1. The Morgan fingerprint density at radius 2 is 2.06 bits per heavy atom. The number of allylic oxidation sites excluding steroid dienone is 1. The zero-order valence-corrected chi connectivity index (χ0v) is 22.5. The fraction of sp³-hybridized carbons (Fsp3) is 0.520. The molecule has 0 aromatic heterocycles. The summed E-state index contributed by atoms with van der Waals surface area (Å²) in [5, 5.41) is 21.6. The van der Waals surface area contributed by atoms with Gasteiger partial charge in [-0.15, -0.1) is 0 Å². The van der Waals surface area contributed by atoms with Crippen LogP contribution in [0.2, 0.25) is 0 Å². The Morgan fingerprint density at radius 3 is 2.61 bits per heavy atom. The Labute approximate surface area is 218 Å². The number of aliphatic hydroxyl groups is 2. The lowest BCUT2D eigenvalue weighted by atomic mass is 9.98. The summed E-state index contributed by atoms with van der Waals surface area (Å²) in [6.45, 7) is 5.75. The molecule has 0 fully saturated rings. The molecule has 3 atom stereocenters. The summed E-state index contributed by atoms with van der Waals surface area (Å²) in [5.41, 5.74) is 17.9. The average Bonchev–Trinajstić information content (AvgIpc) is 3.15. The van der Waals surface area contributed by atoms with E-state index in [0.717, 1.165) is 23.4 Å². The molecule has 1 amide bonds. The Balaban J connectivity index is 2.19. The van der Waals surface area contributed by atoms with Gasteiger partial charge in [0.25, 0.3) is 0 Å². The molecule has 7 N–H and O–H groups in total. The number of nitrogens with two attached hydrogens (primary N) is 2. The van der Waals surface area contributed by atoms with Crippen molar-refractivity contribution in [3.05, 3.63) is 46.8 Å². The lowest BCUT2D eigenvalue weighted by molar-refractivity contribution is -0.107. The fourth-order valence-electron chi connectivity index (χ4n) is 3.92. The topological polar surface area (TPSA) is 144 Å². The first-order valence-electron chi connectivity index (χ1n) is 11.9. The number of guanidine groups is 1. The summed E-state index contributed by atoms with van der Waals surface area (Å²) >= 11 is 6.43. The number of anilines is 2. The molecule has 3 unspecified atom stereocenters. The van der Waals surface area contributed by atoms with Crippen molar-refractivity contribution < 1.29 is 15.0 Å². The zero-order chi connectivity index (χ0) is 27.0. The van der Waals surface area contributed by atoms with E-state index in [1.165, 1.54) is 6.20 Å². The summed E-state index contributed by atoms with van der Waals surface area (Å²) < 4.78 is 0. The Morgan fingerprint density at radius 1 is 1.36 bits per heavy atom. The minimum Gasteiger partial charge on any atom is -0.396 e. The van der Waals surface area contributed by atoms with Crippen molar-refractivity contribution in [3.63, 3.8) is 0 Å². The number of carbonyl (C=O) groups excluding carboxylic acids is 1. The Bertz CT molecular complexity index is 994. The summed E-state index contributed by atoms with van der Waals surface area (Å²) in [6, 6.07) is 5.39. The van der Waals surface area contributed by atoms with Crippen LogP contribution in [0.3, 0.4) is 0 Å². The van der Waals surface area contributed by atoms with Crippen LogP contribution in [-0.4, -0.2) is 72.5 Å². The van der Waals surface area contributed by atoms with Gasteiger partial charge in [-0.2, -0.15) is 0 Å². The molecule has 1 heterocycles. The van der Waals surface area contributed by atoms with Crippen LogP contribution in [0.1, 0.15) is 39.2 Å². The molecule has 0 saturated carbocycles. The molecule has 0 bridgehead atoms. The second-order valence-corrected chi connectivity index (χ2v) is 10.0. The van der Waals surface area contributed by atoms with E-state index in [9.17, 15) is 9.90 Å². The Hall–Kier alpha value is -2.63. The lowest BCUT2D eigenvalue weighted by Gasteiger charge is -2.29. The largest absolute Gasteiger partial charge is 0.396 e. The van der Waals surface area contributed by atoms with Crippen LogP contribution in [0.4, 0.5) is 11.4 Å². The average molecular weight is 522 g/mol. The van der Waals surface area contributed by atoms with E-state index in [1.54, 1.807) is 16.8 Å². The van der Waals surface area contributed by atoms with Crippen LogP contribution in [0, 0.1) is 0 Å². The molecule has 1 aromatic rings. The molecule has 0 aliphatic carbocycles. The van der Waals surface area contributed by atoms with Crippen LogP contribution in [0.5, 0.6) is 0 Å². The molecule has 0 saturated heterocycles. The number of hydrogen-bond acceptors (Lipinski definition) is 7. The molecule has 2 rings (SSSR count). The van der Waals surface area contributed by atoms with Crippen LogP contribution in [0.25, 0.3) is 0 Å². The number of nitrogens with zero attached hydrogens (tertiary/aromatic N) is 4. The van der Waals surface area contributed by atoms with Crippen molar-refractivity contribution >= 4 is 35.3 Å². The number of rotatable bonds is 12. The molecule has 1 aliphatic heterocycles. The van der Waals surface area contributed by atoms with Gasteiger partial charge in [-0.1, -0.05) is 17.7 Å². The number of hydrazine groups is 1. The fourth-order valence-corrected chi connectivity index (χ4v) is 4.05. The molecular weight excluding hydrogens is 482 g/mol. The van der Waals surface area contributed by atoms with Crippen molar-refractivity contribution in [2.75, 3.05) is 37.0 Å². The van der Waals surface area contributed by atoms with Gasteiger partial charge in [-0.3, -0.25) is 4.79 Å². The molecule has 0 spiro atoms. The summed E-state index contributed by atoms with van der Waals surface area (Å²) in [6.07, 6.45) is 5.19. The maximum atomic E-state index is 12.0. The third-order valence-electron chi connectivity index (χ3n) is 6.04. The quantitative estimate of drug-likeness (QED) is 0.158. The van der Waals surface area contributed by atoms with E-state index in [2.05, 4.69) is 10.4 Å². The number of benzene rings is 1. The number of aliphatic hydroxyl groups excluding tert-OH is 1. The first-order chi connectivity index (χ1) is 16.9. The highest BCUT2D eigenvalue weighted by atomic mass is 35.5. The highest BCUT2D eigenvalue weighted by Crippen LogP contribution is 2.31. The molecule has 0 radical (unpaired) electrons. The standard InChI is InChI=1S/C25H40ClN7O3/c1-17-12-18(2)33(30-17)24(28)29-15-20(26)21(27)13-19-6-7-22(31(4)5)23(14-19)32(16-35)10-8-25(3,36)9-11-34/h6-7,12,14-17,21,30,34,36H,8-11,13,27H2,1-5H3,(H2,28,29)/b20-15+. The number of aliphatic imine (C=N–C) groups is 1. The monoisotopic (exact) mass is 521 g/mol. The molecular formula is C25H40ClN7O3. The van der Waals surface area contributed by atoms with Crippen LogP contribution in [0.15, 0.2) is 46.2 Å². The summed E-state index contributed by atoms with van der Waals surface area (Å²) in [5.74, 6) is 0.259. The maximum Gasteiger partial charge on any atom is 0.215 e. The van der Waals surface area contributed by atoms with Crippen LogP contribution >= 0.6 is 11.6 Å². The van der Waals surface area contributed by atoms with E-state index in [0.29, 0.717) is 30.1 Å². The van der Waals surface area contributed by atoms with Gasteiger partial charge in [0.1, 0.15) is 0 Å². The van der Waals surface area contributed by atoms with Crippen molar-refractivity contribution in [1.82, 2.24) is 10.4 Å². The van der Waals surface area contributed by atoms with E-state index < -0.39 is 11.6 Å². The smallest absolute Gasteiger partial charge is 0.215 e. The highest BCUT2D eigenvalue weighted by molar-refractivity contribution is 6.30. The highest BCUT2D eigenvalue weighted by Gasteiger charge is 2.23. The molecule has 1 aromatic carbocycles. The van der Waals surface area contributed by atoms with E-state index >= 15 is 0 Å². The van der Waals surface area contributed by atoms with E-state index in [-0.39, 0.29) is 25.0 Å². The molecule has 1 aliphatic rings.